The van der Waals surface area contributed by atoms with Crippen LogP contribution in [0.15, 0.2) is 17.3 Å². The number of ether oxygens (including phenoxy) is 6. The highest BCUT2D eigenvalue weighted by Crippen LogP contribution is 2.21. The summed E-state index contributed by atoms with van der Waals surface area (Å²) in [6.45, 7) is 4.14. The standard InChI is InChI=1S/C15H21N5O7S2.C11H17N3O6S2/c1-10(21)25-4-6-28-29-7-5-27-15(23)26-3-2-24-9-20-8-17-11-12(20)18-14(16)19-13(11)22;1-9-12-8-10(14(17)18)13(9)2-4-19-11(16)20-5-7-22-21-6-3-15/h8H,2-7,9H2,1H3,(H3,16,18,19,22);8,15H,2-7H2,1H3. The van der Waals surface area contributed by atoms with Crippen LogP contribution in [0.5, 0.6) is 0 Å². The minimum atomic E-state index is -0.812. The first kappa shape index (κ1) is 43.3. The molecule has 0 aromatic carbocycles. The number of nitrogens with one attached hydrogen (secondary N) is 1. The van der Waals surface area contributed by atoms with Gasteiger partial charge in [0.2, 0.25) is 5.95 Å². The van der Waals surface area contributed by atoms with E-state index in [9.17, 15) is 29.3 Å². The highest BCUT2D eigenvalue weighted by molar-refractivity contribution is 8.77. The molecule has 25 heteroatoms. The molecular weight excluding hydrogens is 761 g/mol. The van der Waals surface area contributed by atoms with Crippen molar-refractivity contribution < 1.29 is 52.8 Å². The van der Waals surface area contributed by atoms with Crippen molar-refractivity contribution in [1.82, 2.24) is 29.1 Å². The molecule has 0 aliphatic carbocycles. The minimum Gasteiger partial charge on any atom is -0.465 e. The van der Waals surface area contributed by atoms with Crippen LogP contribution in [0.4, 0.5) is 21.4 Å². The Labute approximate surface area is 306 Å². The molecule has 3 aromatic heterocycles. The largest absolute Gasteiger partial charge is 0.508 e. The Balaban J connectivity index is 0.000000368. The second-order valence-electron chi connectivity index (χ2n) is 9.19. The summed E-state index contributed by atoms with van der Waals surface area (Å²) >= 11 is 0. The molecular formula is C26H38N8O13S4. The number of fused-ring (bicyclic) bond motifs is 1. The van der Waals surface area contributed by atoms with Gasteiger partial charge in [-0.2, -0.15) is 4.98 Å². The number of nitrogen functional groups attached to an aromatic ring is 1. The van der Waals surface area contributed by atoms with Crippen LogP contribution in [-0.2, 0) is 46.5 Å². The van der Waals surface area contributed by atoms with Gasteiger partial charge in [0, 0.05) is 36.9 Å². The van der Waals surface area contributed by atoms with Gasteiger partial charge in [0.1, 0.15) is 52.5 Å². The van der Waals surface area contributed by atoms with Crippen molar-refractivity contribution in [2.24, 2.45) is 0 Å². The zero-order valence-corrected chi connectivity index (χ0v) is 30.9. The zero-order chi connectivity index (χ0) is 37.4. The first-order valence-electron chi connectivity index (χ1n) is 14.8. The Bertz CT molecular complexity index is 1590. The lowest BCUT2D eigenvalue weighted by Crippen LogP contribution is -2.15. The van der Waals surface area contributed by atoms with Gasteiger partial charge in [0.05, 0.1) is 19.5 Å². The fraction of sp³-hybridized carbons (Fsp3) is 0.577. The first-order chi connectivity index (χ1) is 24.5. The van der Waals surface area contributed by atoms with Crippen molar-refractivity contribution in [3.8, 4) is 0 Å². The van der Waals surface area contributed by atoms with E-state index in [1.165, 1.54) is 65.6 Å². The van der Waals surface area contributed by atoms with Gasteiger partial charge in [0.25, 0.3) is 5.56 Å². The van der Waals surface area contributed by atoms with Gasteiger partial charge in [-0.15, -0.1) is 0 Å². The third-order valence-electron chi connectivity index (χ3n) is 5.51. The predicted octanol–water partition coefficient (Wildman–Crippen LogP) is 2.40. The maximum atomic E-state index is 11.7. The van der Waals surface area contributed by atoms with Gasteiger partial charge < -0.3 is 49.4 Å². The van der Waals surface area contributed by atoms with E-state index in [2.05, 4.69) is 19.9 Å². The Kier molecular flexibility index (Phi) is 21.3. The number of hydrogen-bond acceptors (Lipinski definition) is 21. The van der Waals surface area contributed by atoms with Crippen molar-refractivity contribution in [2.75, 3.05) is 75.0 Å². The first-order valence-corrected chi connectivity index (χ1v) is 19.8. The number of aromatic nitrogens is 6. The molecule has 51 heavy (non-hydrogen) atoms. The summed E-state index contributed by atoms with van der Waals surface area (Å²) in [7, 11) is 5.99. The monoisotopic (exact) mass is 798 g/mol. The van der Waals surface area contributed by atoms with E-state index in [-0.39, 0.29) is 76.2 Å². The molecule has 0 spiro atoms. The van der Waals surface area contributed by atoms with Gasteiger partial charge in [-0.25, -0.2) is 24.1 Å². The summed E-state index contributed by atoms with van der Waals surface area (Å²) in [5, 5.41) is 19.3. The number of imidazole rings is 2. The number of nitrogens with zero attached hydrogens (tertiary/aromatic N) is 6. The molecule has 3 heterocycles. The molecule has 0 aliphatic heterocycles. The van der Waals surface area contributed by atoms with Crippen LogP contribution >= 0.6 is 43.2 Å². The van der Waals surface area contributed by atoms with Crippen molar-refractivity contribution in [2.45, 2.75) is 27.1 Å². The number of hydrogen-bond donors (Lipinski definition) is 3. The minimum absolute atomic E-state index is 0.00585. The van der Waals surface area contributed by atoms with Crippen LogP contribution in [-0.4, -0.2) is 127 Å². The number of aliphatic hydroxyl groups is 1. The van der Waals surface area contributed by atoms with E-state index in [1.54, 1.807) is 6.92 Å². The summed E-state index contributed by atoms with van der Waals surface area (Å²) < 4.78 is 32.5. The summed E-state index contributed by atoms with van der Waals surface area (Å²) in [6, 6.07) is 0. The van der Waals surface area contributed by atoms with Crippen LogP contribution in [0, 0.1) is 17.0 Å². The zero-order valence-electron chi connectivity index (χ0n) is 27.6. The summed E-state index contributed by atoms with van der Waals surface area (Å²) in [6.07, 6.45) is 0.972. The molecule has 0 unspecified atom stereocenters. The van der Waals surface area contributed by atoms with E-state index in [1.807, 2.05) is 0 Å². The van der Waals surface area contributed by atoms with E-state index < -0.39 is 22.8 Å². The molecule has 0 radical (unpaired) electrons. The topological polar surface area (TPSA) is 277 Å². The Hall–Kier alpha value is -3.91. The molecule has 21 nitrogen and oxygen atoms in total. The Morgan fingerprint density at radius 1 is 0.922 bits per heavy atom. The molecule has 0 aliphatic rings. The number of aryl methyl sites for hydroxylation is 1. The maximum Gasteiger partial charge on any atom is 0.508 e. The Morgan fingerprint density at radius 2 is 1.51 bits per heavy atom. The number of aliphatic hydroxyl groups excluding tert-OH is 1. The number of esters is 1. The van der Waals surface area contributed by atoms with E-state index >= 15 is 0 Å². The molecule has 0 saturated carbocycles. The number of carbonyl (C=O) groups excluding carboxylic acids is 3. The predicted molar refractivity (Wildman–Crippen MR) is 190 cm³/mol. The van der Waals surface area contributed by atoms with Gasteiger partial charge in [-0.3, -0.25) is 19.1 Å². The number of H-pyrrole nitrogens is 1. The molecule has 0 amide bonds. The van der Waals surface area contributed by atoms with E-state index in [0.717, 1.165) is 6.20 Å². The van der Waals surface area contributed by atoms with Crippen LogP contribution in [0.25, 0.3) is 11.2 Å². The number of rotatable bonds is 22. The van der Waals surface area contributed by atoms with Crippen LogP contribution in [0.3, 0.4) is 0 Å². The lowest BCUT2D eigenvalue weighted by molar-refractivity contribution is -0.392. The summed E-state index contributed by atoms with van der Waals surface area (Å²) in [5.74, 6) is 2.46. The molecule has 284 valence electrons. The second-order valence-corrected chi connectivity index (χ2v) is 14.6. The quantitative estimate of drug-likeness (QED) is 0.0328. The second kappa shape index (κ2) is 25.1. The van der Waals surface area contributed by atoms with E-state index in [4.69, 9.17) is 39.3 Å². The molecule has 0 fully saturated rings. The highest BCUT2D eigenvalue weighted by Gasteiger charge is 2.18. The highest BCUT2D eigenvalue weighted by atomic mass is 33.1. The number of nitrogens with two attached hydrogens (primary N) is 1. The lowest BCUT2D eigenvalue weighted by Gasteiger charge is -2.08. The molecule has 4 N–H and O–H groups in total. The lowest BCUT2D eigenvalue weighted by atomic mass is 10.5. The SMILES string of the molecule is CC(=O)OCCSSCCOC(=O)OCCOCn1cnc2c(=O)[nH]c(N)nc21.Cc1ncc([N+](=O)[O-])n1CCOC(=O)OCCSSCCO. The number of nitro groups is 1. The van der Waals surface area contributed by atoms with Crippen molar-refractivity contribution in [3.63, 3.8) is 0 Å². The average Bonchev–Trinajstić information content (AvgIpc) is 3.67. The van der Waals surface area contributed by atoms with Crippen LogP contribution < -0.4 is 11.3 Å². The molecule has 0 atom stereocenters. The molecule has 3 rings (SSSR count). The van der Waals surface area contributed by atoms with E-state index in [0.29, 0.717) is 41.1 Å². The average molecular weight is 799 g/mol. The fourth-order valence-corrected chi connectivity index (χ4v) is 6.65. The molecule has 0 bridgehead atoms. The smallest absolute Gasteiger partial charge is 0.465 e. The van der Waals surface area contributed by atoms with Gasteiger partial charge in [-0.1, -0.05) is 43.2 Å². The van der Waals surface area contributed by atoms with Gasteiger partial charge in [0.15, 0.2) is 17.0 Å². The number of anilines is 1. The van der Waals surface area contributed by atoms with Crippen molar-refractivity contribution >= 4 is 84.4 Å². The fourth-order valence-electron chi connectivity index (χ4n) is 3.40. The Morgan fingerprint density at radius 3 is 2.12 bits per heavy atom. The number of carbonyl (C=O) groups is 3. The third-order valence-corrected chi connectivity index (χ3v) is 10.2. The van der Waals surface area contributed by atoms with Crippen molar-refractivity contribution in [1.29, 1.82) is 0 Å². The van der Waals surface area contributed by atoms with Crippen molar-refractivity contribution in [3.05, 3.63) is 38.8 Å². The van der Waals surface area contributed by atoms with Gasteiger partial charge >= 0.3 is 24.1 Å². The summed E-state index contributed by atoms with van der Waals surface area (Å²) in [4.78, 5) is 69.4. The van der Waals surface area contributed by atoms with Crippen LogP contribution in [0.2, 0.25) is 0 Å². The molecule has 3 aromatic rings. The normalized spacial score (nSPS) is 10.6. The van der Waals surface area contributed by atoms with Crippen LogP contribution in [0.1, 0.15) is 12.7 Å². The third kappa shape index (κ3) is 17.7. The molecule has 0 saturated heterocycles. The maximum absolute atomic E-state index is 11.7. The number of aromatic amines is 1. The summed E-state index contributed by atoms with van der Waals surface area (Å²) in [5.41, 5.74) is 5.54. The van der Waals surface area contributed by atoms with Gasteiger partial charge in [-0.05, 0) is 4.92 Å².